The van der Waals surface area contributed by atoms with Crippen molar-refractivity contribution in [3.05, 3.63) is 0 Å². The molecule has 3 N–H and O–H groups in total. The molecule has 1 amide bonds. The summed E-state index contributed by atoms with van der Waals surface area (Å²) in [6.45, 7) is 5.60. The van der Waals surface area contributed by atoms with E-state index in [2.05, 4.69) is 0 Å². The molecule has 0 aromatic heterocycles. The number of halogens is 1. The predicted octanol–water partition coefficient (Wildman–Crippen LogP) is 0.260. The van der Waals surface area contributed by atoms with Crippen LogP contribution >= 0.6 is 24.2 Å². The summed E-state index contributed by atoms with van der Waals surface area (Å²) in [5, 5.41) is 9.87. The normalized spacial score (nSPS) is 14.7. The number of ether oxygens (including phenoxy) is 1. The lowest BCUT2D eigenvalue weighted by Gasteiger charge is -2.26. The van der Waals surface area contributed by atoms with Crippen molar-refractivity contribution in [3.63, 3.8) is 0 Å². The van der Waals surface area contributed by atoms with Crippen LogP contribution in [0, 0.1) is 0 Å². The van der Waals surface area contributed by atoms with Gasteiger partial charge in [-0.3, -0.25) is 9.59 Å². The Morgan fingerprint density at radius 1 is 1.40 bits per heavy atom. The Labute approximate surface area is 130 Å². The Balaban J connectivity index is 0. The average Bonchev–Trinajstić information content (AvgIpc) is 2.36. The number of thioether (sulfide) groups is 1. The molecule has 20 heavy (non-hydrogen) atoms. The number of esters is 1. The van der Waals surface area contributed by atoms with Gasteiger partial charge in [-0.05, 0) is 12.7 Å². The second kappa shape index (κ2) is 11.2. The second-order valence-corrected chi connectivity index (χ2v) is 5.84. The lowest BCUT2D eigenvalue weighted by atomic mass is 10.1. The quantitative estimate of drug-likeness (QED) is 0.621. The van der Waals surface area contributed by atoms with Crippen LogP contribution in [-0.2, 0) is 14.3 Å². The number of nitrogens with zero attached hydrogens (tertiary/aromatic N) is 1. The zero-order chi connectivity index (χ0) is 15.0. The molecule has 0 aromatic carbocycles. The topological polar surface area (TPSA) is 92.9 Å². The molecule has 0 aromatic rings. The molecule has 2 unspecified atom stereocenters. The Morgan fingerprint density at radius 3 is 2.40 bits per heavy atom. The summed E-state index contributed by atoms with van der Waals surface area (Å²) < 4.78 is 4.74. The zero-order valence-electron chi connectivity index (χ0n) is 12.4. The molecule has 0 bridgehead atoms. The van der Waals surface area contributed by atoms with Gasteiger partial charge in [0.15, 0.2) is 0 Å². The van der Waals surface area contributed by atoms with Gasteiger partial charge >= 0.3 is 5.97 Å². The van der Waals surface area contributed by atoms with E-state index in [-0.39, 0.29) is 30.8 Å². The molecule has 0 fully saturated rings. The van der Waals surface area contributed by atoms with Gasteiger partial charge < -0.3 is 20.5 Å². The zero-order valence-corrected chi connectivity index (χ0v) is 14.0. The van der Waals surface area contributed by atoms with E-state index in [9.17, 15) is 14.7 Å². The van der Waals surface area contributed by atoms with Crippen molar-refractivity contribution >= 4 is 36.0 Å². The van der Waals surface area contributed by atoms with Gasteiger partial charge in [0.05, 0.1) is 12.6 Å². The van der Waals surface area contributed by atoms with Gasteiger partial charge in [0.1, 0.15) is 12.6 Å². The van der Waals surface area contributed by atoms with Gasteiger partial charge in [-0.2, -0.15) is 11.8 Å². The molecule has 0 saturated heterocycles. The molecule has 0 aliphatic rings. The van der Waals surface area contributed by atoms with E-state index < -0.39 is 24.0 Å². The van der Waals surface area contributed by atoms with E-state index in [1.54, 1.807) is 18.7 Å². The molecule has 0 aliphatic carbocycles. The molecule has 0 radical (unpaired) electrons. The molecule has 6 nitrogen and oxygen atoms in total. The highest BCUT2D eigenvalue weighted by Gasteiger charge is 2.30. The maximum atomic E-state index is 11.9. The summed E-state index contributed by atoms with van der Waals surface area (Å²) in [6.07, 6.45) is -1.31. The van der Waals surface area contributed by atoms with Gasteiger partial charge in [0.25, 0.3) is 5.91 Å². The van der Waals surface area contributed by atoms with E-state index in [0.29, 0.717) is 0 Å². The Kier molecular flexibility index (Phi) is 12.2. The van der Waals surface area contributed by atoms with E-state index in [0.717, 1.165) is 10.7 Å². The standard InChI is InChI=1S/C12H24N2O4S.ClH/c1-5-18-9(15)7-14(4)12(17)11(16)10(13)8(3)19-6-2;/h8,10-11,16H,5-7,13H2,1-4H3;1H/t8?,10-,11?;/m0./s1. The molecule has 0 spiro atoms. The fraction of sp³-hybridized carbons (Fsp3) is 0.833. The number of hydrogen-bond acceptors (Lipinski definition) is 6. The molecule has 0 saturated carbocycles. The molecule has 8 heteroatoms. The Hall–Kier alpha value is -0.500. The van der Waals surface area contributed by atoms with Crippen LogP contribution in [-0.4, -0.2) is 65.2 Å². The van der Waals surface area contributed by atoms with Gasteiger partial charge in [-0.25, -0.2) is 0 Å². The van der Waals surface area contributed by atoms with Crippen molar-refractivity contribution in [1.29, 1.82) is 0 Å². The molecule has 3 atom stereocenters. The van der Waals surface area contributed by atoms with Crippen LogP contribution in [0.15, 0.2) is 0 Å². The first-order valence-corrected chi connectivity index (χ1v) is 7.35. The number of likely N-dealkylation sites (N-methyl/N-ethyl adjacent to an activating group) is 1. The number of aliphatic hydroxyl groups is 1. The summed E-state index contributed by atoms with van der Waals surface area (Å²) in [5.41, 5.74) is 5.84. The SMILES string of the molecule is CCOC(=O)CN(C)C(=O)C(O)[C@@H](N)C(C)SCC.Cl. The Morgan fingerprint density at radius 2 is 1.95 bits per heavy atom. The third-order valence-electron chi connectivity index (χ3n) is 2.64. The van der Waals surface area contributed by atoms with Crippen LogP contribution < -0.4 is 5.73 Å². The number of hydrogen-bond donors (Lipinski definition) is 2. The molecule has 120 valence electrons. The minimum atomic E-state index is -1.31. The summed E-state index contributed by atoms with van der Waals surface area (Å²) in [4.78, 5) is 24.3. The number of carbonyl (C=O) groups excluding carboxylic acids is 2. The maximum absolute atomic E-state index is 11.9. The average molecular weight is 329 g/mol. The van der Waals surface area contributed by atoms with Crippen molar-refractivity contribution in [2.45, 2.75) is 38.2 Å². The second-order valence-electron chi connectivity index (χ2n) is 4.18. The number of carbonyl (C=O) groups is 2. The third-order valence-corrected chi connectivity index (χ3v) is 3.81. The van der Waals surface area contributed by atoms with Crippen molar-refractivity contribution in [1.82, 2.24) is 4.90 Å². The minimum absolute atomic E-state index is 0. The van der Waals surface area contributed by atoms with Crippen molar-refractivity contribution in [2.24, 2.45) is 5.73 Å². The fourth-order valence-corrected chi connectivity index (χ4v) is 2.40. The molecular formula is C12H25ClN2O4S. The van der Waals surface area contributed by atoms with Crippen LogP contribution in [0.3, 0.4) is 0 Å². The van der Waals surface area contributed by atoms with Gasteiger partial charge in [-0.15, -0.1) is 12.4 Å². The Bertz CT molecular complexity index is 307. The van der Waals surface area contributed by atoms with E-state index in [1.807, 2.05) is 13.8 Å². The first-order chi connectivity index (χ1) is 8.84. The number of rotatable bonds is 8. The van der Waals surface area contributed by atoms with Crippen LogP contribution in [0.4, 0.5) is 0 Å². The predicted molar refractivity (Wildman–Crippen MR) is 83.1 cm³/mol. The lowest BCUT2D eigenvalue weighted by molar-refractivity contribution is -0.151. The van der Waals surface area contributed by atoms with Crippen LogP contribution in [0.5, 0.6) is 0 Å². The minimum Gasteiger partial charge on any atom is -0.465 e. The van der Waals surface area contributed by atoms with Crippen LogP contribution in [0.25, 0.3) is 0 Å². The fourth-order valence-electron chi connectivity index (χ4n) is 1.50. The van der Waals surface area contributed by atoms with Crippen LogP contribution in [0.1, 0.15) is 20.8 Å². The van der Waals surface area contributed by atoms with E-state index in [1.165, 1.54) is 7.05 Å². The highest BCUT2D eigenvalue weighted by molar-refractivity contribution is 7.99. The van der Waals surface area contributed by atoms with Gasteiger partial charge in [0, 0.05) is 12.3 Å². The number of amides is 1. The summed E-state index contributed by atoms with van der Waals surface area (Å²) in [6, 6.07) is -0.665. The molecule has 0 rings (SSSR count). The molecular weight excluding hydrogens is 304 g/mol. The molecule has 0 aliphatic heterocycles. The smallest absolute Gasteiger partial charge is 0.325 e. The summed E-state index contributed by atoms with van der Waals surface area (Å²) in [5.74, 6) is -0.215. The van der Waals surface area contributed by atoms with Crippen molar-refractivity contribution in [2.75, 3.05) is 26.0 Å². The van der Waals surface area contributed by atoms with Gasteiger partial charge in [0.2, 0.25) is 0 Å². The van der Waals surface area contributed by atoms with E-state index >= 15 is 0 Å². The first kappa shape index (κ1) is 21.8. The lowest BCUT2D eigenvalue weighted by Crippen LogP contribution is -2.51. The third kappa shape index (κ3) is 7.33. The monoisotopic (exact) mass is 328 g/mol. The maximum Gasteiger partial charge on any atom is 0.325 e. The number of nitrogens with two attached hydrogens (primary N) is 1. The first-order valence-electron chi connectivity index (χ1n) is 6.30. The van der Waals surface area contributed by atoms with Gasteiger partial charge in [-0.1, -0.05) is 13.8 Å². The van der Waals surface area contributed by atoms with E-state index in [4.69, 9.17) is 10.5 Å². The highest BCUT2D eigenvalue weighted by atomic mass is 35.5. The highest BCUT2D eigenvalue weighted by Crippen LogP contribution is 2.15. The largest absolute Gasteiger partial charge is 0.465 e. The summed E-state index contributed by atoms with van der Waals surface area (Å²) in [7, 11) is 1.44. The molecule has 0 heterocycles. The van der Waals surface area contributed by atoms with Crippen molar-refractivity contribution in [3.8, 4) is 0 Å². The number of aliphatic hydroxyl groups excluding tert-OH is 1. The van der Waals surface area contributed by atoms with Crippen LogP contribution in [0.2, 0.25) is 0 Å². The van der Waals surface area contributed by atoms with Crippen molar-refractivity contribution < 1.29 is 19.4 Å². The summed E-state index contributed by atoms with van der Waals surface area (Å²) >= 11 is 1.57.